The number of amides is 1. The largest absolute Gasteiger partial charge is 0.522 e. The van der Waals surface area contributed by atoms with E-state index < -0.39 is 12.5 Å². The van der Waals surface area contributed by atoms with E-state index in [9.17, 15) is 18.0 Å². The first kappa shape index (κ1) is 19.7. The van der Waals surface area contributed by atoms with Crippen molar-refractivity contribution < 1.29 is 27.1 Å². The van der Waals surface area contributed by atoms with Crippen LogP contribution in [-0.4, -0.2) is 39.1 Å². The van der Waals surface area contributed by atoms with Crippen LogP contribution in [0.15, 0.2) is 40.8 Å². The van der Waals surface area contributed by atoms with E-state index in [4.69, 9.17) is 4.42 Å². The molecule has 2 aromatic heterocycles. The van der Waals surface area contributed by atoms with Gasteiger partial charge in [-0.2, -0.15) is 0 Å². The second kappa shape index (κ2) is 6.50. The SMILES string of the molecule is O=C(NC12CC(c3nnc([C@H]4C[C@@H](OC(F)(F)F)C4)o3)(C1)C2)c1ccc2ccccc2n1. The summed E-state index contributed by atoms with van der Waals surface area (Å²) >= 11 is 0. The molecule has 1 aromatic carbocycles. The third-order valence-corrected chi connectivity index (χ3v) is 6.88. The summed E-state index contributed by atoms with van der Waals surface area (Å²) in [4.78, 5) is 17.2. The molecule has 166 valence electrons. The number of benzene rings is 1. The third kappa shape index (κ3) is 3.16. The second-order valence-corrected chi connectivity index (χ2v) is 9.23. The van der Waals surface area contributed by atoms with Crippen molar-refractivity contribution in [2.24, 2.45) is 0 Å². The first-order chi connectivity index (χ1) is 15.2. The van der Waals surface area contributed by atoms with Gasteiger partial charge in [0.15, 0.2) is 0 Å². The summed E-state index contributed by atoms with van der Waals surface area (Å²) in [5.74, 6) is 0.460. The summed E-state index contributed by atoms with van der Waals surface area (Å²) in [7, 11) is 0. The maximum atomic E-state index is 12.7. The monoisotopic (exact) mass is 444 g/mol. The van der Waals surface area contributed by atoms with Crippen molar-refractivity contribution in [3.8, 4) is 0 Å². The van der Waals surface area contributed by atoms with Crippen LogP contribution in [-0.2, 0) is 10.2 Å². The molecule has 10 heteroatoms. The normalized spacial score (nSPS) is 30.8. The summed E-state index contributed by atoms with van der Waals surface area (Å²) in [6.45, 7) is 0. The molecule has 0 aliphatic heterocycles. The van der Waals surface area contributed by atoms with Gasteiger partial charge in [0, 0.05) is 16.8 Å². The number of rotatable bonds is 5. The van der Waals surface area contributed by atoms with Crippen LogP contribution in [0.2, 0.25) is 0 Å². The maximum Gasteiger partial charge on any atom is 0.522 e. The van der Waals surface area contributed by atoms with E-state index in [0.717, 1.165) is 10.9 Å². The summed E-state index contributed by atoms with van der Waals surface area (Å²) in [6.07, 6.45) is -2.95. The van der Waals surface area contributed by atoms with Crippen LogP contribution in [0, 0.1) is 0 Å². The second-order valence-electron chi connectivity index (χ2n) is 9.23. The molecule has 0 radical (unpaired) electrons. The van der Waals surface area contributed by atoms with Gasteiger partial charge in [0.05, 0.1) is 17.0 Å². The number of carbonyl (C=O) groups excluding carboxylic acids is 1. The fourth-order valence-electron chi connectivity index (χ4n) is 5.31. The standard InChI is InChI=1S/C22H19F3N4O3/c23-22(24,25)32-14-7-13(8-14)18-28-29-19(31-18)20-9-21(10-20,11-20)27-17(30)16-6-5-12-3-1-2-4-15(12)26-16/h1-6,13-14H,7-11H2,(H,27,30)/t13-,14+,20?,21?. The summed E-state index contributed by atoms with van der Waals surface area (Å²) in [5, 5.41) is 12.3. The summed E-state index contributed by atoms with van der Waals surface area (Å²) in [6, 6.07) is 11.2. The molecule has 4 saturated carbocycles. The minimum absolute atomic E-state index is 0.205. The number of hydrogen-bond donors (Lipinski definition) is 1. The molecule has 32 heavy (non-hydrogen) atoms. The summed E-state index contributed by atoms with van der Waals surface area (Å²) < 4.78 is 46.6. The molecule has 7 nitrogen and oxygen atoms in total. The highest BCUT2D eigenvalue weighted by Crippen LogP contribution is 2.67. The van der Waals surface area contributed by atoms with Gasteiger partial charge in [0.2, 0.25) is 11.8 Å². The lowest BCUT2D eigenvalue weighted by Crippen LogP contribution is -2.76. The zero-order chi connectivity index (χ0) is 22.1. The van der Waals surface area contributed by atoms with Crippen LogP contribution in [0.5, 0.6) is 0 Å². The molecule has 7 rings (SSSR count). The molecule has 0 spiro atoms. The van der Waals surface area contributed by atoms with Crippen molar-refractivity contribution >= 4 is 16.8 Å². The molecule has 0 saturated heterocycles. The minimum Gasteiger partial charge on any atom is -0.424 e. The highest BCUT2D eigenvalue weighted by molar-refractivity contribution is 5.95. The highest BCUT2D eigenvalue weighted by atomic mass is 19.4. The van der Waals surface area contributed by atoms with E-state index in [1.54, 1.807) is 6.07 Å². The van der Waals surface area contributed by atoms with Crippen molar-refractivity contribution in [3.05, 3.63) is 53.9 Å². The molecule has 3 aromatic rings. The number of halogens is 3. The number of ether oxygens (including phenoxy) is 1. The summed E-state index contributed by atoms with van der Waals surface area (Å²) in [5.41, 5.74) is 0.608. The van der Waals surface area contributed by atoms with Gasteiger partial charge in [-0.1, -0.05) is 24.3 Å². The van der Waals surface area contributed by atoms with Gasteiger partial charge < -0.3 is 9.73 Å². The highest BCUT2D eigenvalue weighted by Gasteiger charge is 2.72. The van der Waals surface area contributed by atoms with Crippen LogP contribution in [0.3, 0.4) is 0 Å². The molecule has 1 N–H and O–H groups in total. The van der Waals surface area contributed by atoms with Crippen molar-refractivity contribution in [3.63, 3.8) is 0 Å². The molecular weight excluding hydrogens is 425 g/mol. The molecule has 2 bridgehead atoms. The zero-order valence-corrected chi connectivity index (χ0v) is 16.9. The molecule has 2 heterocycles. The van der Waals surface area contributed by atoms with Gasteiger partial charge >= 0.3 is 6.36 Å². The van der Waals surface area contributed by atoms with Gasteiger partial charge in [-0.25, -0.2) is 4.98 Å². The maximum absolute atomic E-state index is 12.7. The van der Waals surface area contributed by atoms with Gasteiger partial charge in [0.1, 0.15) is 5.69 Å². The molecule has 4 aliphatic carbocycles. The predicted octanol–water partition coefficient (Wildman–Crippen LogP) is 4.00. The lowest BCUT2D eigenvalue weighted by molar-refractivity contribution is -0.352. The Hall–Kier alpha value is -3.01. The minimum atomic E-state index is -4.62. The van der Waals surface area contributed by atoms with E-state index in [1.165, 1.54) is 0 Å². The topological polar surface area (TPSA) is 90.1 Å². The number of hydrogen-bond acceptors (Lipinski definition) is 6. The average Bonchev–Trinajstić information content (AvgIpc) is 3.14. The first-order valence-electron chi connectivity index (χ1n) is 10.5. The number of carbonyl (C=O) groups is 1. The molecule has 0 unspecified atom stereocenters. The number of para-hydroxylation sites is 1. The number of aromatic nitrogens is 3. The lowest BCUT2D eigenvalue weighted by Gasteiger charge is -2.68. The Morgan fingerprint density at radius 1 is 1.09 bits per heavy atom. The molecule has 1 amide bonds. The Morgan fingerprint density at radius 2 is 1.84 bits per heavy atom. The quantitative estimate of drug-likeness (QED) is 0.640. The Bertz CT molecular complexity index is 1200. The van der Waals surface area contributed by atoms with Gasteiger partial charge in [0.25, 0.3) is 5.91 Å². The van der Waals surface area contributed by atoms with Gasteiger partial charge in [-0.15, -0.1) is 23.4 Å². The number of fused-ring (bicyclic) bond motifs is 1. The predicted molar refractivity (Wildman–Crippen MR) is 105 cm³/mol. The number of nitrogens with one attached hydrogen (secondary N) is 1. The lowest BCUT2D eigenvalue weighted by atomic mass is 9.39. The van der Waals surface area contributed by atoms with Crippen LogP contribution in [0.25, 0.3) is 10.9 Å². The molecular formula is C22H19F3N4O3. The molecule has 0 atom stereocenters. The first-order valence-corrected chi connectivity index (χ1v) is 10.5. The Balaban J connectivity index is 1.06. The van der Waals surface area contributed by atoms with Crippen molar-refractivity contribution in [1.29, 1.82) is 0 Å². The van der Waals surface area contributed by atoms with Gasteiger partial charge in [-0.05, 0) is 44.2 Å². The van der Waals surface area contributed by atoms with Crippen molar-refractivity contribution in [2.45, 2.75) is 61.4 Å². The number of nitrogens with zero attached hydrogens (tertiary/aromatic N) is 3. The van der Waals surface area contributed by atoms with Crippen LogP contribution in [0.1, 0.15) is 60.3 Å². The smallest absolute Gasteiger partial charge is 0.424 e. The van der Waals surface area contributed by atoms with E-state index in [0.29, 0.717) is 36.7 Å². The van der Waals surface area contributed by atoms with Gasteiger partial charge in [-0.3, -0.25) is 9.53 Å². The average molecular weight is 444 g/mol. The molecule has 4 fully saturated rings. The molecule has 4 aliphatic rings. The number of pyridine rings is 1. The van der Waals surface area contributed by atoms with Crippen molar-refractivity contribution in [1.82, 2.24) is 20.5 Å². The Morgan fingerprint density at radius 3 is 2.59 bits per heavy atom. The Kier molecular flexibility index (Phi) is 4.00. The van der Waals surface area contributed by atoms with Crippen LogP contribution in [0.4, 0.5) is 13.2 Å². The van der Waals surface area contributed by atoms with Crippen LogP contribution < -0.4 is 5.32 Å². The van der Waals surface area contributed by atoms with E-state index >= 15 is 0 Å². The van der Waals surface area contributed by atoms with E-state index in [2.05, 4.69) is 25.2 Å². The fourth-order valence-corrected chi connectivity index (χ4v) is 5.31. The zero-order valence-electron chi connectivity index (χ0n) is 16.9. The van der Waals surface area contributed by atoms with E-state index in [-0.39, 0.29) is 35.6 Å². The fraction of sp³-hybridized carbons (Fsp3) is 0.455. The Labute approximate surface area is 180 Å². The third-order valence-electron chi connectivity index (χ3n) is 6.88. The van der Waals surface area contributed by atoms with Crippen molar-refractivity contribution in [2.75, 3.05) is 0 Å². The van der Waals surface area contributed by atoms with Crippen LogP contribution >= 0.6 is 0 Å². The van der Waals surface area contributed by atoms with E-state index in [1.807, 2.05) is 30.3 Å². The number of alkyl halides is 3.